The first-order chi connectivity index (χ1) is 18.3. The van der Waals surface area contributed by atoms with Crippen LogP contribution in [0, 0.1) is 24.1 Å². The van der Waals surface area contributed by atoms with E-state index in [0.717, 1.165) is 31.4 Å². The topological polar surface area (TPSA) is 72.6 Å². The van der Waals surface area contributed by atoms with Gasteiger partial charge in [0.2, 0.25) is 0 Å². The lowest BCUT2D eigenvalue weighted by Crippen LogP contribution is -2.48. The number of anilines is 2. The van der Waals surface area contributed by atoms with Gasteiger partial charge in [0.25, 0.3) is 11.5 Å². The first-order valence-electron chi connectivity index (χ1n) is 13.0. The van der Waals surface area contributed by atoms with Crippen molar-refractivity contribution in [3.8, 4) is 6.07 Å². The second-order valence-electron chi connectivity index (χ2n) is 10.0. The SMILES string of the molecule is Cc1c(/C=C2\SC(=S)N(C3CCCCC3)C2=O)c(N2CCN(c3ccc(F)cc3)CC2)n(C)c(=O)c1C#N. The van der Waals surface area contributed by atoms with Crippen LogP contribution in [0.1, 0.15) is 48.8 Å². The molecule has 0 N–H and O–H groups in total. The predicted octanol–water partition coefficient (Wildman–Crippen LogP) is 4.57. The molecule has 5 rings (SSSR count). The van der Waals surface area contributed by atoms with Crippen LogP contribution in [0.25, 0.3) is 6.08 Å². The summed E-state index contributed by atoms with van der Waals surface area (Å²) in [5.41, 5.74) is 1.93. The maximum Gasteiger partial charge on any atom is 0.270 e. The molecule has 1 aliphatic carbocycles. The molecule has 0 atom stereocenters. The minimum Gasteiger partial charge on any atom is -0.368 e. The molecule has 0 radical (unpaired) electrons. The molecule has 7 nitrogen and oxygen atoms in total. The van der Waals surface area contributed by atoms with Gasteiger partial charge in [-0.15, -0.1) is 0 Å². The Kier molecular flexibility index (Phi) is 7.59. The van der Waals surface area contributed by atoms with E-state index in [1.54, 1.807) is 31.0 Å². The lowest BCUT2D eigenvalue weighted by molar-refractivity contribution is -0.124. The quantitative estimate of drug-likeness (QED) is 0.407. The number of thiocarbonyl (C=S) groups is 1. The van der Waals surface area contributed by atoms with Gasteiger partial charge in [0, 0.05) is 50.5 Å². The number of pyridine rings is 1. The Bertz CT molecular complexity index is 1400. The van der Waals surface area contributed by atoms with E-state index in [0.29, 0.717) is 52.3 Å². The number of thioether (sulfide) groups is 1. The number of hydrogen-bond donors (Lipinski definition) is 0. The fourth-order valence-electron chi connectivity index (χ4n) is 5.69. The highest BCUT2D eigenvalue weighted by molar-refractivity contribution is 8.26. The zero-order valence-electron chi connectivity index (χ0n) is 21.6. The van der Waals surface area contributed by atoms with E-state index in [4.69, 9.17) is 12.2 Å². The van der Waals surface area contributed by atoms with Gasteiger partial charge in [-0.25, -0.2) is 4.39 Å². The first-order valence-corrected chi connectivity index (χ1v) is 14.2. The molecule has 3 fully saturated rings. The summed E-state index contributed by atoms with van der Waals surface area (Å²) in [7, 11) is 1.68. The largest absolute Gasteiger partial charge is 0.368 e. The lowest BCUT2D eigenvalue weighted by Gasteiger charge is -2.38. The number of rotatable bonds is 4. The third-order valence-corrected chi connectivity index (χ3v) is 9.11. The summed E-state index contributed by atoms with van der Waals surface area (Å²) in [6, 6.07) is 8.65. The van der Waals surface area contributed by atoms with Gasteiger partial charge in [0.15, 0.2) is 0 Å². The molecule has 3 aliphatic rings. The molecule has 1 aromatic carbocycles. The van der Waals surface area contributed by atoms with Crippen molar-refractivity contribution >= 4 is 51.8 Å². The third-order valence-electron chi connectivity index (χ3n) is 7.78. The zero-order chi connectivity index (χ0) is 27.0. The van der Waals surface area contributed by atoms with Crippen molar-refractivity contribution < 1.29 is 9.18 Å². The Hall–Kier alpha value is -3.16. The number of benzene rings is 1. The summed E-state index contributed by atoms with van der Waals surface area (Å²) in [6.07, 6.45) is 7.12. The molecule has 1 saturated carbocycles. The van der Waals surface area contributed by atoms with Crippen molar-refractivity contribution in [2.75, 3.05) is 36.0 Å². The van der Waals surface area contributed by atoms with Crippen LogP contribution in [0.5, 0.6) is 0 Å². The van der Waals surface area contributed by atoms with Crippen molar-refractivity contribution in [2.45, 2.75) is 45.1 Å². The van der Waals surface area contributed by atoms with Crippen LogP contribution in [-0.2, 0) is 11.8 Å². The maximum atomic E-state index is 13.5. The smallest absolute Gasteiger partial charge is 0.270 e. The molecule has 1 amide bonds. The number of aromatic nitrogens is 1. The van der Waals surface area contributed by atoms with Crippen LogP contribution in [0.2, 0.25) is 0 Å². The minimum absolute atomic E-state index is 0.0789. The summed E-state index contributed by atoms with van der Waals surface area (Å²) in [6.45, 7) is 4.38. The van der Waals surface area contributed by atoms with Gasteiger partial charge in [-0.2, -0.15) is 5.26 Å². The average molecular weight is 552 g/mol. The minimum atomic E-state index is -0.354. The highest BCUT2D eigenvalue weighted by Crippen LogP contribution is 2.39. The normalized spacial score (nSPS) is 19.9. The summed E-state index contributed by atoms with van der Waals surface area (Å²) < 4.78 is 15.5. The second kappa shape index (κ2) is 10.9. The van der Waals surface area contributed by atoms with Crippen LogP contribution in [0.15, 0.2) is 34.0 Å². The fraction of sp³-hybridized carbons (Fsp3) is 0.429. The molecule has 2 saturated heterocycles. The number of halogens is 1. The monoisotopic (exact) mass is 551 g/mol. The van der Waals surface area contributed by atoms with Gasteiger partial charge in [-0.1, -0.05) is 43.2 Å². The molecule has 0 bridgehead atoms. The van der Waals surface area contributed by atoms with E-state index in [1.165, 1.54) is 34.9 Å². The fourth-order valence-corrected chi connectivity index (χ4v) is 7.07. The molecule has 1 aromatic heterocycles. The van der Waals surface area contributed by atoms with Crippen molar-refractivity contribution in [3.05, 3.63) is 62.0 Å². The third kappa shape index (κ3) is 4.85. The molecule has 38 heavy (non-hydrogen) atoms. The van der Waals surface area contributed by atoms with Crippen molar-refractivity contribution in [2.24, 2.45) is 7.05 Å². The molecular formula is C28H30FN5O2S2. The van der Waals surface area contributed by atoms with E-state index in [9.17, 15) is 19.2 Å². The van der Waals surface area contributed by atoms with E-state index in [2.05, 4.69) is 15.9 Å². The lowest BCUT2D eigenvalue weighted by atomic mass is 9.94. The number of carbonyl (C=O) groups is 1. The number of nitriles is 1. The zero-order valence-corrected chi connectivity index (χ0v) is 23.2. The van der Waals surface area contributed by atoms with Crippen molar-refractivity contribution in [3.63, 3.8) is 0 Å². The Balaban J connectivity index is 1.49. The van der Waals surface area contributed by atoms with E-state index < -0.39 is 0 Å². The number of amides is 1. The molecule has 2 aromatic rings. The Morgan fingerprint density at radius 3 is 2.32 bits per heavy atom. The highest BCUT2D eigenvalue weighted by atomic mass is 32.2. The van der Waals surface area contributed by atoms with Gasteiger partial charge in [0.05, 0.1) is 4.91 Å². The Labute approximate surface area is 231 Å². The summed E-state index contributed by atoms with van der Waals surface area (Å²) in [5.74, 6) is 0.327. The molecule has 10 heteroatoms. The van der Waals surface area contributed by atoms with Gasteiger partial charge in [-0.3, -0.25) is 19.1 Å². The average Bonchev–Trinajstić information content (AvgIpc) is 3.21. The maximum absolute atomic E-state index is 13.5. The second-order valence-corrected chi connectivity index (χ2v) is 11.7. The molecule has 3 heterocycles. The van der Waals surface area contributed by atoms with Crippen LogP contribution in [-0.4, -0.2) is 51.9 Å². The Morgan fingerprint density at radius 1 is 1.05 bits per heavy atom. The van der Waals surface area contributed by atoms with Crippen LogP contribution >= 0.6 is 24.0 Å². The van der Waals surface area contributed by atoms with E-state index >= 15 is 0 Å². The number of carbonyl (C=O) groups excluding carboxylic acids is 1. The van der Waals surface area contributed by atoms with Crippen LogP contribution < -0.4 is 15.4 Å². The van der Waals surface area contributed by atoms with Gasteiger partial charge >= 0.3 is 0 Å². The number of hydrogen-bond acceptors (Lipinski definition) is 7. The van der Waals surface area contributed by atoms with Crippen LogP contribution in [0.4, 0.5) is 15.9 Å². The van der Waals surface area contributed by atoms with E-state index in [1.807, 2.05) is 6.08 Å². The highest BCUT2D eigenvalue weighted by Gasteiger charge is 2.38. The molecule has 2 aliphatic heterocycles. The summed E-state index contributed by atoms with van der Waals surface area (Å²) >= 11 is 6.92. The number of nitrogens with zero attached hydrogens (tertiary/aromatic N) is 5. The summed E-state index contributed by atoms with van der Waals surface area (Å²) in [5, 5.41) is 9.76. The molecule has 0 spiro atoms. The molecule has 198 valence electrons. The van der Waals surface area contributed by atoms with Gasteiger partial charge in [0.1, 0.15) is 27.6 Å². The number of piperazine rings is 1. The molecule has 0 unspecified atom stereocenters. The summed E-state index contributed by atoms with van der Waals surface area (Å²) in [4.78, 5) is 33.2. The van der Waals surface area contributed by atoms with E-state index in [-0.39, 0.29) is 28.9 Å². The van der Waals surface area contributed by atoms with Gasteiger partial charge < -0.3 is 9.80 Å². The Morgan fingerprint density at radius 2 is 1.68 bits per heavy atom. The van der Waals surface area contributed by atoms with Crippen LogP contribution in [0.3, 0.4) is 0 Å². The standard InChI is InChI=1S/C28H30FN5O2S2/c1-18-22(16-24-27(36)34(28(37)38-24)21-6-4-3-5-7-21)25(31(2)26(35)23(18)17-30)33-14-12-32(13-15-33)20-10-8-19(29)9-11-20/h8-11,16,21H,3-7,12-15H2,1-2H3/b24-16-. The molecular weight excluding hydrogens is 521 g/mol. The van der Waals surface area contributed by atoms with Gasteiger partial charge in [-0.05, 0) is 55.7 Å². The van der Waals surface area contributed by atoms with Crippen molar-refractivity contribution in [1.82, 2.24) is 9.47 Å². The van der Waals surface area contributed by atoms with Crippen molar-refractivity contribution in [1.29, 1.82) is 5.26 Å². The predicted molar refractivity (Wildman–Crippen MR) is 154 cm³/mol. The first kappa shape index (κ1) is 26.4.